The smallest absolute Gasteiger partial charge is 0.305 e. The lowest BCUT2D eigenvalue weighted by Gasteiger charge is -2.11. The molecule has 0 aliphatic heterocycles. The molecule has 0 atom stereocenters. The second-order valence-corrected chi connectivity index (χ2v) is 5.51. The molecule has 0 bridgehead atoms. The number of ether oxygens (including phenoxy) is 1. The van der Waals surface area contributed by atoms with E-state index in [-0.39, 0.29) is 5.97 Å². The quantitative estimate of drug-likeness (QED) is 0.314. The summed E-state index contributed by atoms with van der Waals surface area (Å²) in [4.78, 5) is 15.5. The minimum atomic E-state index is -0.146. The average molecular weight is 340 g/mol. The molecular formula is C17H26ClN3O2. The molecule has 0 amide bonds. The molecule has 6 heteroatoms. The Morgan fingerprint density at radius 3 is 2.70 bits per heavy atom. The second kappa shape index (κ2) is 11.8. The number of esters is 1. The van der Waals surface area contributed by atoms with Gasteiger partial charge in [-0.05, 0) is 31.4 Å². The molecule has 0 radical (unpaired) electrons. The lowest BCUT2D eigenvalue weighted by atomic mass is 10.2. The van der Waals surface area contributed by atoms with Crippen molar-refractivity contribution in [2.45, 2.75) is 39.2 Å². The Morgan fingerprint density at radius 2 is 2.00 bits per heavy atom. The lowest BCUT2D eigenvalue weighted by Crippen LogP contribution is -2.37. The van der Waals surface area contributed by atoms with E-state index >= 15 is 0 Å². The van der Waals surface area contributed by atoms with Crippen LogP contribution in [-0.2, 0) is 16.1 Å². The number of benzene rings is 1. The number of halogens is 1. The van der Waals surface area contributed by atoms with Crippen LogP contribution in [0.3, 0.4) is 0 Å². The molecule has 0 fully saturated rings. The molecule has 2 N–H and O–H groups in total. The fraction of sp³-hybridized carbons (Fsp3) is 0.529. The van der Waals surface area contributed by atoms with Gasteiger partial charge < -0.3 is 15.4 Å². The van der Waals surface area contributed by atoms with Crippen molar-refractivity contribution >= 4 is 23.5 Å². The molecule has 23 heavy (non-hydrogen) atoms. The van der Waals surface area contributed by atoms with Crippen molar-refractivity contribution in [1.82, 2.24) is 10.6 Å². The van der Waals surface area contributed by atoms with E-state index in [0.717, 1.165) is 48.9 Å². The highest BCUT2D eigenvalue weighted by Crippen LogP contribution is 2.15. The normalized spacial score (nSPS) is 11.2. The van der Waals surface area contributed by atoms with Gasteiger partial charge in [0, 0.05) is 24.5 Å². The molecule has 1 rings (SSSR count). The van der Waals surface area contributed by atoms with Gasteiger partial charge in [0.05, 0.1) is 13.7 Å². The third-order valence-corrected chi connectivity index (χ3v) is 3.66. The van der Waals surface area contributed by atoms with Gasteiger partial charge in [-0.1, -0.05) is 36.2 Å². The van der Waals surface area contributed by atoms with Crippen LogP contribution in [0, 0.1) is 0 Å². The van der Waals surface area contributed by atoms with Crippen LogP contribution in [0.4, 0.5) is 0 Å². The first kappa shape index (κ1) is 19.3. The van der Waals surface area contributed by atoms with Crippen LogP contribution in [0.25, 0.3) is 0 Å². The molecule has 128 valence electrons. The number of hydrogen-bond acceptors (Lipinski definition) is 3. The Morgan fingerprint density at radius 1 is 1.22 bits per heavy atom. The van der Waals surface area contributed by atoms with E-state index in [9.17, 15) is 4.79 Å². The predicted molar refractivity (Wildman–Crippen MR) is 94.8 cm³/mol. The maximum atomic E-state index is 11.0. The molecule has 0 unspecified atom stereocenters. The van der Waals surface area contributed by atoms with Crippen LogP contribution in [0.15, 0.2) is 29.3 Å². The fourth-order valence-electron chi connectivity index (χ4n) is 2.01. The van der Waals surface area contributed by atoms with Crippen molar-refractivity contribution in [2.24, 2.45) is 4.99 Å². The first-order chi connectivity index (χ1) is 11.2. The number of methoxy groups -OCH3 is 1. The zero-order valence-electron chi connectivity index (χ0n) is 13.9. The van der Waals surface area contributed by atoms with Gasteiger partial charge in [-0.25, -0.2) is 4.99 Å². The number of rotatable bonds is 9. The number of aliphatic imine (C=N–C) groups is 1. The van der Waals surface area contributed by atoms with Gasteiger partial charge in [0.2, 0.25) is 0 Å². The Bertz CT molecular complexity index is 506. The number of nitrogens with zero attached hydrogens (tertiary/aromatic N) is 1. The minimum Gasteiger partial charge on any atom is -0.469 e. The van der Waals surface area contributed by atoms with E-state index in [1.54, 1.807) is 0 Å². The van der Waals surface area contributed by atoms with Crippen molar-refractivity contribution in [1.29, 1.82) is 0 Å². The number of carbonyl (C=O) groups excluding carboxylic acids is 1. The fourth-order valence-corrected chi connectivity index (χ4v) is 2.21. The van der Waals surface area contributed by atoms with Crippen LogP contribution in [0.2, 0.25) is 5.02 Å². The summed E-state index contributed by atoms with van der Waals surface area (Å²) in [7, 11) is 1.42. The van der Waals surface area contributed by atoms with Gasteiger partial charge in [0.1, 0.15) is 0 Å². The van der Waals surface area contributed by atoms with Crippen LogP contribution in [0.1, 0.15) is 38.2 Å². The predicted octanol–water partition coefficient (Wildman–Crippen LogP) is 3.13. The van der Waals surface area contributed by atoms with Crippen LogP contribution in [0.5, 0.6) is 0 Å². The molecule has 5 nitrogen and oxygen atoms in total. The molecule has 0 aromatic heterocycles. The third kappa shape index (κ3) is 8.45. The van der Waals surface area contributed by atoms with E-state index < -0.39 is 0 Å². The number of nitrogens with one attached hydrogen (secondary N) is 2. The summed E-state index contributed by atoms with van der Waals surface area (Å²) in [5, 5.41) is 7.24. The minimum absolute atomic E-state index is 0.146. The molecule has 1 aromatic carbocycles. The largest absolute Gasteiger partial charge is 0.469 e. The summed E-state index contributed by atoms with van der Waals surface area (Å²) in [6.45, 7) is 4.19. The highest BCUT2D eigenvalue weighted by molar-refractivity contribution is 6.31. The maximum absolute atomic E-state index is 11.0. The SMILES string of the molecule is CCNC(=NCc1ccccc1Cl)NCCCCCC(=O)OC. The Labute approximate surface area is 143 Å². The van der Waals surface area contributed by atoms with E-state index in [0.29, 0.717) is 13.0 Å². The molecule has 1 aromatic rings. The summed E-state index contributed by atoms with van der Waals surface area (Å²) in [5.74, 6) is 0.632. The average Bonchev–Trinajstić information content (AvgIpc) is 2.56. The van der Waals surface area contributed by atoms with Crippen molar-refractivity contribution in [3.05, 3.63) is 34.9 Å². The van der Waals surface area contributed by atoms with E-state index in [1.807, 2.05) is 31.2 Å². The van der Waals surface area contributed by atoms with Gasteiger partial charge in [-0.2, -0.15) is 0 Å². The standard InChI is InChI=1S/C17H26ClN3O2/c1-3-19-17(20-12-8-4-5-11-16(22)23-2)21-13-14-9-6-7-10-15(14)18/h6-7,9-10H,3-5,8,11-13H2,1-2H3,(H2,19,20,21). The summed E-state index contributed by atoms with van der Waals surface area (Å²) in [5.41, 5.74) is 1.00. The van der Waals surface area contributed by atoms with Crippen molar-refractivity contribution in [3.8, 4) is 0 Å². The molecule has 0 saturated heterocycles. The van der Waals surface area contributed by atoms with Crippen molar-refractivity contribution in [3.63, 3.8) is 0 Å². The first-order valence-electron chi connectivity index (χ1n) is 7.99. The number of guanidine groups is 1. The molecule has 0 heterocycles. The molecular weight excluding hydrogens is 314 g/mol. The monoisotopic (exact) mass is 339 g/mol. The number of hydrogen-bond donors (Lipinski definition) is 2. The molecule has 0 spiro atoms. The van der Waals surface area contributed by atoms with Gasteiger partial charge >= 0.3 is 5.97 Å². The summed E-state index contributed by atoms with van der Waals surface area (Å²) in [6, 6.07) is 7.71. The highest BCUT2D eigenvalue weighted by atomic mass is 35.5. The first-order valence-corrected chi connectivity index (χ1v) is 8.37. The van der Waals surface area contributed by atoms with Crippen LogP contribution < -0.4 is 10.6 Å². The van der Waals surface area contributed by atoms with Crippen LogP contribution >= 0.6 is 11.6 Å². The molecule has 0 aliphatic carbocycles. The topological polar surface area (TPSA) is 62.7 Å². The van der Waals surface area contributed by atoms with Gasteiger partial charge in [-0.15, -0.1) is 0 Å². The van der Waals surface area contributed by atoms with E-state index in [1.165, 1.54) is 7.11 Å². The van der Waals surface area contributed by atoms with Crippen molar-refractivity contribution in [2.75, 3.05) is 20.2 Å². The highest BCUT2D eigenvalue weighted by Gasteiger charge is 2.01. The summed E-state index contributed by atoms with van der Waals surface area (Å²) in [6.07, 6.45) is 3.29. The Kier molecular flexibility index (Phi) is 9.87. The van der Waals surface area contributed by atoms with E-state index in [4.69, 9.17) is 11.6 Å². The zero-order valence-corrected chi connectivity index (χ0v) is 14.7. The third-order valence-electron chi connectivity index (χ3n) is 3.29. The second-order valence-electron chi connectivity index (χ2n) is 5.10. The zero-order chi connectivity index (χ0) is 16.9. The maximum Gasteiger partial charge on any atom is 0.305 e. The summed E-state index contributed by atoms with van der Waals surface area (Å²) >= 11 is 6.14. The number of unbranched alkanes of at least 4 members (excludes halogenated alkanes) is 2. The van der Waals surface area contributed by atoms with Gasteiger partial charge in [0.25, 0.3) is 0 Å². The molecule has 0 aliphatic rings. The Hall–Kier alpha value is -1.75. The van der Waals surface area contributed by atoms with Gasteiger partial charge in [-0.3, -0.25) is 4.79 Å². The van der Waals surface area contributed by atoms with Gasteiger partial charge in [0.15, 0.2) is 5.96 Å². The Balaban J connectivity index is 2.33. The molecule has 0 saturated carbocycles. The van der Waals surface area contributed by atoms with E-state index in [2.05, 4.69) is 20.4 Å². The van der Waals surface area contributed by atoms with Crippen molar-refractivity contribution < 1.29 is 9.53 Å². The summed E-state index contributed by atoms with van der Waals surface area (Å²) < 4.78 is 4.62. The lowest BCUT2D eigenvalue weighted by molar-refractivity contribution is -0.140. The number of carbonyl (C=O) groups is 1. The van der Waals surface area contributed by atoms with Crippen LogP contribution in [-0.4, -0.2) is 32.1 Å².